The van der Waals surface area contributed by atoms with Gasteiger partial charge in [0.25, 0.3) is 0 Å². The molecule has 0 aromatic heterocycles. The molecule has 0 spiro atoms. The van der Waals surface area contributed by atoms with Crippen LogP contribution in [0.1, 0.15) is 19.3 Å². The zero-order valence-electron chi connectivity index (χ0n) is 9.17. The Hall–Kier alpha value is -1.10. The monoisotopic (exact) mass is 223 g/mol. The number of likely N-dealkylation sites (tertiary alicyclic amines) is 1. The van der Waals surface area contributed by atoms with E-state index in [0.29, 0.717) is 13.0 Å². The van der Waals surface area contributed by atoms with Gasteiger partial charge in [0.15, 0.2) is 0 Å². The molecule has 1 aliphatic rings. The lowest BCUT2D eigenvalue weighted by Crippen LogP contribution is -2.53. The van der Waals surface area contributed by atoms with E-state index in [1.54, 1.807) is 4.90 Å². The number of rotatable bonds is 3. The quantitative estimate of drug-likeness (QED) is 0.755. The summed E-state index contributed by atoms with van der Waals surface area (Å²) < 4.78 is 5.49. The van der Waals surface area contributed by atoms with Gasteiger partial charge in [-0.05, 0) is 25.0 Å². The minimum absolute atomic E-state index is 0.205. The first-order valence-electron chi connectivity index (χ1n) is 5.56. The first kappa shape index (κ1) is 11.4. The van der Waals surface area contributed by atoms with Gasteiger partial charge in [-0.3, -0.25) is 0 Å². The van der Waals surface area contributed by atoms with Gasteiger partial charge >= 0.3 is 0 Å². The second-order valence-corrected chi connectivity index (χ2v) is 4.08. The normalized spacial score (nSPS) is 20.6. The minimum atomic E-state index is -1.72. The van der Waals surface area contributed by atoms with Crippen LogP contribution < -0.4 is 4.74 Å². The summed E-state index contributed by atoms with van der Waals surface area (Å²) in [7, 11) is 0. The van der Waals surface area contributed by atoms with Crippen molar-refractivity contribution in [2.75, 3.05) is 13.3 Å². The van der Waals surface area contributed by atoms with Gasteiger partial charge in [-0.25, -0.2) is 4.90 Å². The predicted octanol–water partition coefficient (Wildman–Crippen LogP) is 1.15. The lowest BCUT2D eigenvalue weighted by atomic mass is 10.1. The zero-order valence-corrected chi connectivity index (χ0v) is 9.17. The third-order valence-electron chi connectivity index (χ3n) is 2.83. The summed E-state index contributed by atoms with van der Waals surface area (Å²) >= 11 is 0. The molecule has 4 nitrogen and oxygen atoms in total. The molecule has 0 aliphatic carbocycles. The van der Waals surface area contributed by atoms with Crippen molar-refractivity contribution in [1.29, 1.82) is 0 Å². The molecule has 0 amide bonds. The highest BCUT2D eigenvalue weighted by molar-refractivity contribution is 5.20. The standard InChI is InChI=1S/C12H17NO3/c14-12(15)8-4-5-9-13(12)10-16-11-6-2-1-3-7-11/h1-3,6-7,14-15H,4-5,8-10H2. The average molecular weight is 223 g/mol. The van der Waals surface area contributed by atoms with Crippen LogP contribution in [0.3, 0.4) is 0 Å². The lowest BCUT2D eigenvalue weighted by Gasteiger charge is -2.38. The third kappa shape index (κ3) is 2.72. The molecule has 1 aromatic carbocycles. The number of hydrogen-bond acceptors (Lipinski definition) is 4. The SMILES string of the molecule is OC1(O)CCCCN1COc1ccccc1. The van der Waals surface area contributed by atoms with Crippen molar-refractivity contribution in [2.45, 2.75) is 25.2 Å². The van der Waals surface area contributed by atoms with E-state index in [2.05, 4.69) is 0 Å². The van der Waals surface area contributed by atoms with Crippen LogP contribution in [0.2, 0.25) is 0 Å². The molecule has 0 atom stereocenters. The van der Waals surface area contributed by atoms with Crippen LogP contribution in [0.4, 0.5) is 0 Å². The number of nitrogens with zero attached hydrogens (tertiary/aromatic N) is 1. The van der Waals surface area contributed by atoms with Gasteiger partial charge in [-0.2, -0.15) is 0 Å². The van der Waals surface area contributed by atoms with Crippen LogP contribution in [0.25, 0.3) is 0 Å². The molecule has 2 rings (SSSR count). The zero-order chi connectivity index (χ0) is 11.4. The average Bonchev–Trinajstić information content (AvgIpc) is 2.28. The molecule has 0 radical (unpaired) electrons. The Balaban J connectivity index is 1.90. The Morgan fingerprint density at radius 2 is 1.94 bits per heavy atom. The van der Waals surface area contributed by atoms with Crippen molar-refractivity contribution in [1.82, 2.24) is 4.90 Å². The van der Waals surface area contributed by atoms with Crippen molar-refractivity contribution < 1.29 is 14.9 Å². The fourth-order valence-corrected chi connectivity index (χ4v) is 1.84. The van der Waals surface area contributed by atoms with E-state index in [1.165, 1.54) is 0 Å². The Bertz CT molecular complexity index is 326. The summed E-state index contributed by atoms with van der Waals surface area (Å²) in [5, 5.41) is 19.4. The van der Waals surface area contributed by atoms with Crippen molar-refractivity contribution in [3.8, 4) is 5.75 Å². The summed E-state index contributed by atoms with van der Waals surface area (Å²) in [5.41, 5.74) is 0. The molecule has 88 valence electrons. The van der Waals surface area contributed by atoms with Crippen LogP contribution in [-0.2, 0) is 0 Å². The summed E-state index contributed by atoms with van der Waals surface area (Å²) in [5.74, 6) is -0.976. The predicted molar refractivity (Wildman–Crippen MR) is 59.7 cm³/mol. The molecule has 1 aliphatic heterocycles. The van der Waals surface area contributed by atoms with Crippen LogP contribution in [-0.4, -0.2) is 34.3 Å². The number of aliphatic hydroxyl groups is 2. The molecular weight excluding hydrogens is 206 g/mol. The Morgan fingerprint density at radius 3 is 2.62 bits per heavy atom. The number of benzene rings is 1. The molecule has 1 aromatic rings. The molecule has 1 fully saturated rings. The van der Waals surface area contributed by atoms with Crippen molar-refractivity contribution in [3.05, 3.63) is 30.3 Å². The fraction of sp³-hybridized carbons (Fsp3) is 0.500. The molecule has 16 heavy (non-hydrogen) atoms. The second-order valence-electron chi connectivity index (χ2n) is 4.08. The van der Waals surface area contributed by atoms with E-state index in [1.807, 2.05) is 30.3 Å². The maximum absolute atomic E-state index is 9.71. The van der Waals surface area contributed by atoms with Crippen LogP contribution >= 0.6 is 0 Å². The number of para-hydroxylation sites is 1. The first-order chi connectivity index (χ1) is 7.68. The smallest absolute Gasteiger partial charge is 0.227 e. The molecule has 0 bridgehead atoms. The highest BCUT2D eigenvalue weighted by atomic mass is 16.6. The van der Waals surface area contributed by atoms with Gasteiger partial charge < -0.3 is 14.9 Å². The van der Waals surface area contributed by atoms with Crippen molar-refractivity contribution in [2.24, 2.45) is 0 Å². The van der Waals surface area contributed by atoms with E-state index >= 15 is 0 Å². The molecule has 4 heteroatoms. The maximum Gasteiger partial charge on any atom is 0.227 e. The maximum atomic E-state index is 9.71. The van der Waals surface area contributed by atoms with Crippen LogP contribution in [0, 0.1) is 0 Å². The fourth-order valence-electron chi connectivity index (χ4n) is 1.84. The van der Waals surface area contributed by atoms with Crippen molar-refractivity contribution in [3.63, 3.8) is 0 Å². The van der Waals surface area contributed by atoms with Gasteiger partial charge in [0.2, 0.25) is 5.91 Å². The Kier molecular flexibility index (Phi) is 3.43. The highest BCUT2D eigenvalue weighted by Gasteiger charge is 2.34. The van der Waals surface area contributed by atoms with Gasteiger partial charge in [0.05, 0.1) is 0 Å². The number of ether oxygens (including phenoxy) is 1. The topological polar surface area (TPSA) is 52.9 Å². The minimum Gasteiger partial charge on any atom is -0.478 e. The summed E-state index contributed by atoms with van der Waals surface area (Å²) in [4.78, 5) is 1.55. The molecule has 2 N–H and O–H groups in total. The molecule has 1 heterocycles. The largest absolute Gasteiger partial charge is 0.478 e. The van der Waals surface area contributed by atoms with E-state index in [0.717, 1.165) is 18.6 Å². The third-order valence-corrected chi connectivity index (χ3v) is 2.83. The van der Waals surface area contributed by atoms with Gasteiger partial charge in [0, 0.05) is 13.0 Å². The van der Waals surface area contributed by atoms with Gasteiger partial charge in [-0.15, -0.1) is 0 Å². The number of piperidine rings is 1. The molecular formula is C12H17NO3. The van der Waals surface area contributed by atoms with Gasteiger partial charge in [-0.1, -0.05) is 18.2 Å². The van der Waals surface area contributed by atoms with E-state index < -0.39 is 5.91 Å². The first-order valence-corrected chi connectivity index (χ1v) is 5.56. The molecule has 0 unspecified atom stereocenters. The Morgan fingerprint density at radius 1 is 1.19 bits per heavy atom. The van der Waals surface area contributed by atoms with Crippen LogP contribution in [0.5, 0.6) is 5.75 Å². The van der Waals surface area contributed by atoms with Crippen molar-refractivity contribution >= 4 is 0 Å². The summed E-state index contributed by atoms with van der Waals surface area (Å²) in [6.07, 6.45) is 2.20. The summed E-state index contributed by atoms with van der Waals surface area (Å²) in [6.45, 7) is 0.858. The van der Waals surface area contributed by atoms with E-state index in [9.17, 15) is 10.2 Å². The second kappa shape index (κ2) is 4.82. The molecule has 0 saturated carbocycles. The summed E-state index contributed by atoms with van der Waals surface area (Å²) in [6, 6.07) is 9.38. The van der Waals surface area contributed by atoms with Crippen LogP contribution in [0.15, 0.2) is 30.3 Å². The highest BCUT2D eigenvalue weighted by Crippen LogP contribution is 2.23. The lowest BCUT2D eigenvalue weighted by molar-refractivity contribution is -0.289. The van der Waals surface area contributed by atoms with Gasteiger partial charge in [0.1, 0.15) is 12.5 Å². The number of hydrogen-bond donors (Lipinski definition) is 2. The van der Waals surface area contributed by atoms with E-state index in [4.69, 9.17) is 4.74 Å². The van der Waals surface area contributed by atoms with E-state index in [-0.39, 0.29) is 6.73 Å². The molecule has 1 saturated heterocycles. The Labute approximate surface area is 95.1 Å².